The minimum atomic E-state index is -0.144. The van der Waals surface area contributed by atoms with Gasteiger partial charge >= 0.3 is 0 Å². The zero-order valence-electron chi connectivity index (χ0n) is 10.4. The van der Waals surface area contributed by atoms with E-state index < -0.39 is 0 Å². The van der Waals surface area contributed by atoms with Gasteiger partial charge in [0, 0.05) is 17.4 Å². The van der Waals surface area contributed by atoms with Crippen LogP contribution in [0.25, 0.3) is 0 Å². The molecule has 19 heavy (non-hydrogen) atoms. The summed E-state index contributed by atoms with van der Waals surface area (Å²) < 4.78 is 5.10. The van der Waals surface area contributed by atoms with Crippen molar-refractivity contribution in [1.29, 1.82) is 0 Å². The normalized spacial score (nSPS) is 10.5. The molecule has 0 atom stereocenters. The summed E-state index contributed by atoms with van der Waals surface area (Å²) >= 11 is 7.37. The van der Waals surface area contributed by atoms with Gasteiger partial charge in [-0.25, -0.2) is 4.98 Å². The van der Waals surface area contributed by atoms with Crippen molar-refractivity contribution in [3.05, 3.63) is 44.9 Å². The molecular formula is C13H13ClN2O2S. The predicted octanol–water partition coefficient (Wildman–Crippen LogP) is 2.54. The zero-order valence-corrected chi connectivity index (χ0v) is 11.9. The van der Waals surface area contributed by atoms with Gasteiger partial charge in [-0.15, -0.1) is 11.3 Å². The Bertz CT molecular complexity index is 598. The van der Waals surface area contributed by atoms with Crippen molar-refractivity contribution in [3.63, 3.8) is 0 Å². The Labute approximate surface area is 120 Å². The maximum absolute atomic E-state index is 12.3. The molecule has 2 aromatic rings. The molecule has 0 aliphatic heterocycles. The summed E-state index contributed by atoms with van der Waals surface area (Å²) in [5, 5.41) is 3.09. The van der Waals surface area contributed by atoms with Crippen molar-refractivity contribution < 1.29 is 9.53 Å². The molecule has 0 saturated carbocycles. The Kier molecular flexibility index (Phi) is 4.52. The van der Waals surface area contributed by atoms with Gasteiger partial charge in [0.05, 0.1) is 17.1 Å². The molecule has 0 amide bonds. The van der Waals surface area contributed by atoms with E-state index in [1.807, 2.05) is 0 Å². The Morgan fingerprint density at radius 3 is 3.00 bits per heavy atom. The van der Waals surface area contributed by atoms with Gasteiger partial charge in [0.1, 0.15) is 11.4 Å². The quantitative estimate of drug-likeness (QED) is 0.861. The van der Waals surface area contributed by atoms with E-state index in [1.165, 1.54) is 18.4 Å². The van der Waals surface area contributed by atoms with Crippen LogP contribution in [0.15, 0.2) is 23.6 Å². The minimum Gasteiger partial charge on any atom is -0.495 e. The number of carbonyl (C=O) groups excluding carboxylic acids is 1. The molecule has 1 aromatic heterocycles. The molecule has 0 radical (unpaired) electrons. The Morgan fingerprint density at radius 2 is 2.32 bits per heavy atom. The van der Waals surface area contributed by atoms with Gasteiger partial charge in [0.15, 0.2) is 0 Å². The summed E-state index contributed by atoms with van der Waals surface area (Å²) in [6.07, 6.45) is 0.682. The number of hydrogen-bond donors (Lipinski definition) is 1. The monoisotopic (exact) mass is 296 g/mol. The van der Waals surface area contributed by atoms with E-state index in [0.717, 1.165) is 5.01 Å². The summed E-state index contributed by atoms with van der Waals surface area (Å²) in [6.45, 7) is 0.524. The molecule has 2 N–H and O–H groups in total. The molecule has 0 unspecified atom stereocenters. The number of halogens is 1. The highest BCUT2D eigenvalue weighted by atomic mass is 35.5. The number of carbonyl (C=O) groups is 1. The standard InChI is InChI=1S/C13H13ClN2O2S/c1-18-11-6-8(2-3-9(11)14)13(17)10-7-19-12(16-10)4-5-15/h2-3,6-7H,4-5,15H2,1H3. The SMILES string of the molecule is COc1cc(C(=O)c2csc(CCN)n2)ccc1Cl. The number of ether oxygens (including phenoxy) is 1. The zero-order chi connectivity index (χ0) is 13.8. The largest absolute Gasteiger partial charge is 0.495 e. The average Bonchev–Trinajstić information content (AvgIpc) is 2.87. The third-order valence-corrected chi connectivity index (χ3v) is 3.78. The Morgan fingerprint density at radius 1 is 1.53 bits per heavy atom. The highest BCUT2D eigenvalue weighted by molar-refractivity contribution is 7.09. The summed E-state index contributed by atoms with van der Waals surface area (Å²) in [6, 6.07) is 4.92. The predicted molar refractivity (Wildman–Crippen MR) is 76.3 cm³/mol. The Hall–Kier alpha value is -1.43. The van der Waals surface area contributed by atoms with E-state index in [2.05, 4.69) is 4.98 Å². The van der Waals surface area contributed by atoms with Gasteiger partial charge in [-0.2, -0.15) is 0 Å². The maximum Gasteiger partial charge on any atom is 0.212 e. The smallest absolute Gasteiger partial charge is 0.212 e. The number of benzene rings is 1. The van der Waals surface area contributed by atoms with Gasteiger partial charge < -0.3 is 10.5 Å². The van der Waals surface area contributed by atoms with Crippen LogP contribution in [0.1, 0.15) is 21.1 Å². The molecular weight excluding hydrogens is 284 g/mol. The maximum atomic E-state index is 12.3. The highest BCUT2D eigenvalue weighted by Gasteiger charge is 2.14. The van der Waals surface area contributed by atoms with Crippen LogP contribution in [0.4, 0.5) is 0 Å². The third-order valence-electron chi connectivity index (χ3n) is 2.56. The molecule has 0 fully saturated rings. The van der Waals surface area contributed by atoms with Crippen molar-refractivity contribution in [2.24, 2.45) is 5.73 Å². The summed E-state index contributed by atoms with van der Waals surface area (Å²) in [7, 11) is 1.51. The fraction of sp³-hybridized carbons (Fsp3) is 0.231. The first kappa shape index (κ1) is 14.0. The molecule has 2 rings (SSSR count). The van der Waals surface area contributed by atoms with Crippen LogP contribution >= 0.6 is 22.9 Å². The molecule has 0 spiro atoms. The lowest BCUT2D eigenvalue weighted by molar-refractivity contribution is 0.103. The number of nitrogens with two attached hydrogens (primary N) is 1. The molecule has 4 nitrogen and oxygen atoms in total. The Balaban J connectivity index is 2.27. The molecule has 1 aromatic carbocycles. The molecule has 1 heterocycles. The lowest BCUT2D eigenvalue weighted by atomic mass is 10.1. The van der Waals surface area contributed by atoms with Crippen molar-refractivity contribution in [1.82, 2.24) is 4.98 Å². The molecule has 0 aliphatic carbocycles. The van der Waals surface area contributed by atoms with Crippen LogP contribution in [0.5, 0.6) is 5.75 Å². The fourth-order valence-corrected chi connectivity index (χ4v) is 2.59. The molecule has 0 bridgehead atoms. The molecule has 0 saturated heterocycles. The molecule has 6 heteroatoms. The van der Waals surface area contributed by atoms with Crippen molar-refractivity contribution in [2.45, 2.75) is 6.42 Å². The summed E-state index contributed by atoms with van der Waals surface area (Å²) in [5.74, 6) is 0.333. The summed E-state index contributed by atoms with van der Waals surface area (Å²) in [4.78, 5) is 16.5. The van der Waals surface area contributed by atoms with Crippen LogP contribution in [-0.4, -0.2) is 24.4 Å². The van der Waals surface area contributed by atoms with E-state index in [4.69, 9.17) is 22.1 Å². The van der Waals surface area contributed by atoms with Crippen LogP contribution in [0, 0.1) is 0 Å². The highest BCUT2D eigenvalue weighted by Crippen LogP contribution is 2.26. The second kappa shape index (κ2) is 6.14. The third kappa shape index (κ3) is 3.12. The first-order chi connectivity index (χ1) is 9.15. The first-order valence-electron chi connectivity index (χ1n) is 5.68. The number of rotatable bonds is 5. The van der Waals surface area contributed by atoms with E-state index >= 15 is 0 Å². The van der Waals surface area contributed by atoms with Gasteiger partial charge in [0.2, 0.25) is 5.78 Å². The topological polar surface area (TPSA) is 65.2 Å². The second-order valence-electron chi connectivity index (χ2n) is 3.84. The number of aromatic nitrogens is 1. The molecule has 0 aliphatic rings. The van der Waals surface area contributed by atoms with Gasteiger partial charge in [-0.05, 0) is 24.7 Å². The van der Waals surface area contributed by atoms with Crippen molar-refractivity contribution in [2.75, 3.05) is 13.7 Å². The van der Waals surface area contributed by atoms with Crippen LogP contribution in [0.2, 0.25) is 5.02 Å². The molecule has 100 valence electrons. The summed E-state index contributed by atoms with van der Waals surface area (Å²) in [5.41, 5.74) is 6.40. The number of ketones is 1. The second-order valence-corrected chi connectivity index (χ2v) is 5.19. The first-order valence-corrected chi connectivity index (χ1v) is 6.94. The van der Waals surface area contributed by atoms with Crippen molar-refractivity contribution in [3.8, 4) is 5.75 Å². The van der Waals surface area contributed by atoms with E-state index in [0.29, 0.717) is 35.0 Å². The van der Waals surface area contributed by atoms with Gasteiger partial charge in [0.25, 0.3) is 0 Å². The van der Waals surface area contributed by atoms with E-state index in [-0.39, 0.29) is 5.78 Å². The minimum absolute atomic E-state index is 0.144. The van der Waals surface area contributed by atoms with Gasteiger partial charge in [-0.3, -0.25) is 4.79 Å². The fourth-order valence-electron chi connectivity index (χ4n) is 1.60. The number of methoxy groups -OCH3 is 1. The lowest BCUT2D eigenvalue weighted by Gasteiger charge is -2.04. The number of thiazole rings is 1. The average molecular weight is 297 g/mol. The lowest BCUT2D eigenvalue weighted by Crippen LogP contribution is -2.05. The van der Waals surface area contributed by atoms with E-state index in [9.17, 15) is 4.79 Å². The number of hydrogen-bond acceptors (Lipinski definition) is 5. The van der Waals surface area contributed by atoms with Crippen LogP contribution < -0.4 is 10.5 Å². The van der Waals surface area contributed by atoms with Crippen molar-refractivity contribution >= 4 is 28.7 Å². The van der Waals surface area contributed by atoms with Gasteiger partial charge in [-0.1, -0.05) is 11.6 Å². The van der Waals surface area contributed by atoms with Crippen LogP contribution in [0.3, 0.4) is 0 Å². The number of nitrogens with zero attached hydrogens (tertiary/aromatic N) is 1. The van der Waals surface area contributed by atoms with Crippen LogP contribution in [-0.2, 0) is 6.42 Å². The van der Waals surface area contributed by atoms with E-state index in [1.54, 1.807) is 23.6 Å².